The van der Waals surface area contributed by atoms with Gasteiger partial charge in [-0.15, -0.1) is 0 Å². The van der Waals surface area contributed by atoms with Crippen LogP contribution in [0.25, 0.3) is 0 Å². The second kappa shape index (κ2) is 6.67. The summed E-state index contributed by atoms with van der Waals surface area (Å²) in [4.78, 5) is 12.5. The minimum atomic E-state index is 0.257. The minimum absolute atomic E-state index is 0.257. The van der Waals surface area contributed by atoms with Crippen LogP contribution in [0, 0.1) is 11.8 Å². The van der Waals surface area contributed by atoms with Crippen LogP contribution in [0.1, 0.15) is 51.4 Å². The molecule has 2 aliphatic rings. The van der Waals surface area contributed by atoms with E-state index in [0.29, 0.717) is 18.0 Å². The van der Waals surface area contributed by atoms with E-state index in [1.54, 1.807) is 14.2 Å². The van der Waals surface area contributed by atoms with E-state index in [1.807, 2.05) is 0 Å². The van der Waals surface area contributed by atoms with Gasteiger partial charge >= 0.3 is 0 Å². The van der Waals surface area contributed by atoms with Gasteiger partial charge in [0.15, 0.2) is 0 Å². The summed E-state index contributed by atoms with van der Waals surface area (Å²) in [6.07, 6.45) is 9.11. The van der Waals surface area contributed by atoms with Crippen LogP contribution >= 0.6 is 0 Å². The van der Waals surface area contributed by atoms with Gasteiger partial charge in [0.05, 0.1) is 12.2 Å². The molecule has 0 spiro atoms. The van der Waals surface area contributed by atoms with E-state index in [9.17, 15) is 4.79 Å². The number of rotatable bonds is 4. The molecule has 0 amide bonds. The van der Waals surface area contributed by atoms with Gasteiger partial charge in [-0.05, 0) is 44.9 Å². The van der Waals surface area contributed by atoms with Crippen molar-refractivity contribution in [3.8, 4) is 0 Å². The molecule has 2 rings (SSSR count). The van der Waals surface area contributed by atoms with Crippen molar-refractivity contribution in [1.29, 1.82) is 0 Å². The summed E-state index contributed by atoms with van der Waals surface area (Å²) in [5.41, 5.74) is 0. The monoisotopic (exact) mass is 254 g/mol. The molecule has 0 aromatic carbocycles. The summed E-state index contributed by atoms with van der Waals surface area (Å²) in [6.45, 7) is 0. The Morgan fingerprint density at radius 2 is 1.50 bits per heavy atom. The maximum atomic E-state index is 12.5. The quantitative estimate of drug-likeness (QED) is 0.773. The molecule has 3 nitrogen and oxygen atoms in total. The fourth-order valence-corrected chi connectivity index (χ4v) is 3.53. The molecule has 2 unspecified atom stereocenters. The molecule has 0 N–H and O–H groups in total. The zero-order chi connectivity index (χ0) is 13.0. The van der Waals surface area contributed by atoms with Gasteiger partial charge in [0.25, 0.3) is 0 Å². The number of methoxy groups -OCH3 is 2. The minimum Gasteiger partial charge on any atom is -0.381 e. The first-order valence-electron chi connectivity index (χ1n) is 7.34. The number of ether oxygens (including phenoxy) is 2. The van der Waals surface area contributed by atoms with Crippen molar-refractivity contribution in [1.82, 2.24) is 0 Å². The lowest BCUT2D eigenvalue weighted by molar-refractivity contribution is -0.131. The molecule has 0 aromatic rings. The first-order chi connectivity index (χ1) is 8.74. The molecule has 2 fully saturated rings. The van der Waals surface area contributed by atoms with E-state index in [0.717, 1.165) is 51.4 Å². The van der Waals surface area contributed by atoms with Gasteiger partial charge in [-0.3, -0.25) is 4.79 Å². The maximum absolute atomic E-state index is 12.5. The Kier molecular flexibility index (Phi) is 5.19. The molecule has 3 heteroatoms. The van der Waals surface area contributed by atoms with Gasteiger partial charge in [-0.2, -0.15) is 0 Å². The number of Topliss-reactive ketones (excluding diaryl/α,β-unsaturated/α-hetero) is 1. The van der Waals surface area contributed by atoms with Gasteiger partial charge in [0, 0.05) is 26.1 Å². The van der Waals surface area contributed by atoms with Crippen LogP contribution in [0.4, 0.5) is 0 Å². The van der Waals surface area contributed by atoms with Crippen LogP contribution in [-0.4, -0.2) is 32.2 Å². The van der Waals surface area contributed by atoms with Crippen LogP contribution in [0.15, 0.2) is 0 Å². The summed E-state index contributed by atoms with van der Waals surface area (Å²) in [5, 5.41) is 0. The molecule has 2 atom stereocenters. The van der Waals surface area contributed by atoms with Crippen LogP contribution < -0.4 is 0 Å². The highest BCUT2D eigenvalue weighted by Gasteiger charge is 2.33. The zero-order valence-electron chi connectivity index (χ0n) is 11.7. The van der Waals surface area contributed by atoms with Crippen molar-refractivity contribution in [3.63, 3.8) is 0 Å². The smallest absolute Gasteiger partial charge is 0.139 e. The van der Waals surface area contributed by atoms with Crippen molar-refractivity contribution in [2.24, 2.45) is 11.8 Å². The van der Waals surface area contributed by atoms with Crippen LogP contribution in [-0.2, 0) is 14.3 Å². The Bertz CT molecular complexity index is 269. The third-order valence-corrected chi connectivity index (χ3v) is 4.77. The summed E-state index contributed by atoms with van der Waals surface area (Å²) in [6, 6.07) is 0. The number of hydrogen-bond donors (Lipinski definition) is 0. The zero-order valence-corrected chi connectivity index (χ0v) is 11.7. The van der Waals surface area contributed by atoms with E-state index < -0.39 is 0 Å². The average Bonchev–Trinajstić information content (AvgIpc) is 2.46. The van der Waals surface area contributed by atoms with Crippen LogP contribution in [0.2, 0.25) is 0 Å². The molecular formula is C15H26O3. The topological polar surface area (TPSA) is 35.5 Å². The summed E-state index contributed by atoms with van der Waals surface area (Å²) in [5.74, 6) is 1.05. The normalized spacial score (nSPS) is 37.4. The third kappa shape index (κ3) is 3.33. The molecule has 0 aromatic heterocycles. The standard InChI is InChI=1S/C15H26O3/c1-17-13-8-6-11(7-9-13)15(16)12-4-3-5-14(10-12)18-2/h11-14H,3-10H2,1-2H3. The lowest BCUT2D eigenvalue weighted by atomic mass is 9.75. The molecular weight excluding hydrogens is 228 g/mol. The van der Waals surface area contributed by atoms with E-state index in [-0.39, 0.29) is 11.8 Å². The number of carbonyl (C=O) groups is 1. The van der Waals surface area contributed by atoms with Gasteiger partial charge in [0.1, 0.15) is 5.78 Å². The van der Waals surface area contributed by atoms with E-state index in [1.165, 1.54) is 0 Å². The number of hydrogen-bond acceptors (Lipinski definition) is 3. The lowest BCUT2D eigenvalue weighted by Gasteiger charge is -2.32. The summed E-state index contributed by atoms with van der Waals surface area (Å²) >= 11 is 0. The Balaban J connectivity index is 1.83. The lowest BCUT2D eigenvalue weighted by Crippen LogP contribution is -2.34. The fraction of sp³-hybridized carbons (Fsp3) is 0.933. The molecule has 104 valence electrons. The number of ketones is 1. The highest BCUT2D eigenvalue weighted by Crippen LogP contribution is 2.34. The van der Waals surface area contributed by atoms with E-state index in [2.05, 4.69) is 0 Å². The molecule has 0 radical (unpaired) electrons. The predicted molar refractivity (Wildman–Crippen MR) is 70.5 cm³/mol. The number of carbonyl (C=O) groups excluding carboxylic acids is 1. The second-order valence-electron chi connectivity index (χ2n) is 5.83. The third-order valence-electron chi connectivity index (χ3n) is 4.77. The molecule has 0 aliphatic heterocycles. The second-order valence-corrected chi connectivity index (χ2v) is 5.83. The first-order valence-corrected chi connectivity index (χ1v) is 7.34. The van der Waals surface area contributed by atoms with Crippen molar-refractivity contribution < 1.29 is 14.3 Å². The Morgan fingerprint density at radius 3 is 2.11 bits per heavy atom. The van der Waals surface area contributed by atoms with E-state index in [4.69, 9.17) is 9.47 Å². The molecule has 2 aliphatic carbocycles. The van der Waals surface area contributed by atoms with E-state index >= 15 is 0 Å². The molecule has 2 saturated carbocycles. The Morgan fingerprint density at radius 1 is 0.833 bits per heavy atom. The van der Waals surface area contributed by atoms with Crippen molar-refractivity contribution in [2.45, 2.75) is 63.6 Å². The fourth-order valence-electron chi connectivity index (χ4n) is 3.53. The summed E-state index contributed by atoms with van der Waals surface area (Å²) < 4.78 is 10.8. The highest BCUT2D eigenvalue weighted by atomic mass is 16.5. The van der Waals surface area contributed by atoms with Gasteiger partial charge in [-0.25, -0.2) is 0 Å². The Hall–Kier alpha value is -0.410. The van der Waals surface area contributed by atoms with Crippen LogP contribution in [0.3, 0.4) is 0 Å². The van der Waals surface area contributed by atoms with Gasteiger partial charge in [0.2, 0.25) is 0 Å². The molecule has 0 heterocycles. The van der Waals surface area contributed by atoms with Crippen molar-refractivity contribution >= 4 is 5.78 Å². The molecule has 18 heavy (non-hydrogen) atoms. The maximum Gasteiger partial charge on any atom is 0.139 e. The Labute approximate surface area is 110 Å². The SMILES string of the molecule is COC1CCC(C(=O)C2CCCC(OC)C2)CC1. The molecule has 0 bridgehead atoms. The van der Waals surface area contributed by atoms with Gasteiger partial charge < -0.3 is 9.47 Å². The summed E-state index contributed by atoms with van der Waals surface area (Å²) in [7, 11) is 3.54. The predicted octanol–water partition coefficient (Wildman–Crippen LogP) is 2.97. The van der Waals surface area contributed by atoms with Crippen molar-refractivity contribution in [2.75, 3.05) is 14.2 Å². The largest absolute Gasteiger partial charge is 0.381 e. The van der Waals surface area contributed by atoms with Gasteiger partial charge in [-0.1, -0.05) is 6.42 Å². The molecule has 0 saturated heterocycles. The van der Waals surface area contributed by atoms with Crippen LogP contribution in [0.5, 0.6) is 0 Å². The average molecular weight is 254 g/mol. The first kappa shape index (κ1) is 14.0. The highest BCUT2D eigenvalue weighted by molar-refractivity contribution is 5.83. The van der Waals surface area contributed by atoms with Crippen molar-refractivity contribution in [3.05, 3.63) is 0 Å².